The molecule has 1 atom stereocenters. The van der Waals surface area contributed by atoms with Crippen molar-refractivity contribution in [1.82, 2.24) is 0 Å². The third-order valence-corrected chi connectivity index (χ3v) is 3.13. The topological polar surface area (TPSA) is 28.0 Å². The predicted molar refractivity (Wildman–Crippen MR) is 79.9 cm³/mol. The molecule has 0 saturated heterocycles. The van der Waals surface area contributed by atoms with E-state index in [4.69, 9.17) is 11.6 Å². The highest BCUT2D eigenvalue weighted by Crippen LogP contribution is 2.29. The van der Waals surface area contributed by atoms with Gasteiger partial charge in [-0.25, -0.2) is 9.98 Å². The molecular weight excluding hydrogens is 258 g/mol. The zero-order valence-corrected chi connectivity index (χ0v) is 10.9. The molecule has 0 radical (unpaired) electrons. The Bertz CT molecular complexity index is 608. The predicted octanol–water partition coefficient (Wildman–Crippen LogP) is 3.83. The van der Waals surface area contributed by atoms with Gasteiger partial charge in [-0.2, -0.15) is 0 Å². The number of hydrogen-bond donors (Lipinski definition) is 0. The van der Waals surface area contributed by atoms with E-state index in [0.717, 1.165) is 11.3 Å². The summed E-state index contributed by atoms with van der Waals surface area (Å²) in [4.78, 5) is 10.5. The minimum atomic E-state index is -0.173. The lowest BCUT2D eigenvalue weighted by atomic mass is 10.1. The first-order chi connectivity index (χ1) is 9.34. The zero-order valence-electron chi connectivity index (χ0n) is 10.1. The Morgan fingerprint density at radius 2 is 1.53 bits per heavy atom. The van der Waals surface area contributed by atoms with Crippen molar-refractivity contribution >= 4 is 28.9 Å². The molecule has 1 heterocycles. The van der Waals surface area contributed by atoms with Crippen LogP contribution in [0.5, 0.6) is 0 Å². The number of benzene rings is 2. The molecule has 1 aliphatic rings. The maximum absolute atomic E-state index is 5.94. The van der Waals surface area contributed by atoms with Crippen LogP contribution in [0.4, 0.5) is 5.69 Å². The number of rotatable bonds is 2. The van der Waals surface area contributed by atoms with Gasteiger partial charge in [0.1, 0.15) is 6.34 Å². The molecule has 4 heteroatoms. The van der Waals surface area contributed by atoms with E-state index >= 15 is 0 Å². The Morgan fingerprint density at radius 1 is 0.895 bits per heavy atom. The van der Waals surface area contributed by atoms with Crippen LogP contribution in [0.25, 0.3) is 0 Å². The second-order valence-corrected chi connectivity index (χ2v) is 4.51. The summed E-state index contributed by atoms with van der Waals surface area (Å²) in [6.07, 6.45) is 1.55. The van der Waals surface area contributed by atoms with Crippen molar-refractivity contribution in [2.45, 2.75) is 6.17 Å². The lowest BCUT2D eigenvalue weighted by Gasteiger charge is -2.29. The van der Waals surface area contributed by atoms with E-state index in [1.54, 1.807) is 6.34 Å². The van der Waals surface area contributed by atoms with E-state index in [9.17, 15) is 0 Å². The first kappa shape index (κ1) is 11.9. The summed E-state index contributed by atoms with van der Waals surface area (Å²) in [6, 6.07) is 20.1. The molecule has 0 bridgehead atoms. The first-order valence-electron chi connectivity index (χ1n) is 6.00. The van der Waals surface area contributed by atoms with Crippen LogP contribution in [-0.2, 0) is 0 Å². The normalized spacial score (nSPS) is 18.3. The van der Waals surface area contributed by atoms with E-state index in [1.165, 1.54) is 0 Å². The number of halogens is 1. The Morgan fingerprint density at radius 3 is 2.21 bits per heavy atom. The molecule has 19 heavy (non-hydrogen) atoms. The number of amidine groups is 1. The van der Waals surface area contributed by atoms with Gasteiger partial charge in [0.2, 0.25) is 5.29 Å². The molecule has 0 amide bonds. The smallest absolute Gasteiger partial charge is 0.221 e. The number of hydrogen-bond acceptors (Lipinski definition) is 3. The van der Waals surface area contributed by atoms with E-state index in [0.29, 0.717) is 0 Å². The van der Waals surface area contributed by atoms with Gasteiger partial charge >= 0.3 is 0 Å². The summed E-state index contributed by atoms with van der Waals surface area (Å²) in [5.41, 5.74) is 2.11. The van der Waals surface area contributed by atoms with Crippen LogP contribution in [0.15, 0.2) is 70.6 Å². The highest BCUT2D eigenvalue weighted by Gasteiger charge is 2.22. The monoisotopic (exact) mass is 269 g/mol. The minimum absolute atomic E-state index is 0.173. The fourth-order valence-corrected chi connectivity index (χ4v) is 2.17. The Hall–Kier alpha value is -2.13. The van der Waals surface area contributed by atoms with Crippen molar-refractivity contribution in [1.29, 1.82) is 0 Å². The number of aliphatic imine (C=N–C) groups is 2. The molecule has 1 unspecified atom stereocenters. The summed E-state index contributed by atoms with van der Waals surface area (Å²) >= 11 is 5.94. The van der Waals surface area contributed by atoms with E-state index < -0.39 is 0 Å². The van der Waals surface area contributed by atoms with Gasteiger partial charge in [-0.15, -0.1) is 0 Å². The SMILES string of the molecule is ClC1=NC(c2ccccc2)N(c2ccccc2)C=N1. The van der Waals surface area contributed by atoms with Gasteiger partial charge in [-0.05, 0) is 29.3 Å². The highest BCUT2D eigenvalue weighted by atomic mass is 35.5. The van der Waals surface area contributed by atoms with Gasteiger partial charge < -0.3 is 4.90 Å². The van der Waals surface area contributed by atoms with Gasteiger partial charge in [0.15, 0.2) is 6.17 Å². The number of para-hydroxylation sites is 1. The minimum Gasteiger partial charge on any atom is -0.305 e. The lowest BCUT2D eigenvalue weighted by molar-refractivity contribution is 0.755. The van der Waals surface area contributed by atoms with Crippen molar-refractivity contribution in [3.05, 3.63) is 66.2 Å². The molecule has 1 aliphatic heterocycles. The fraction of sp³-hybridized carbons (Fsp3) is 0.0667. The Balaban J connectivity index is 2.01. The molecule has 2 aromatic rings. The molecule has 0 saturated carbocycles. The first-order valence-corrected chi connectivity index (χ1v) is 6.38. The van der Waals surface area contributed by atoms with E-state index in [-0.39, 0.29) is 11.5 Å². The summed E-state index contributed by atoms with van der Waals surface area (Å²) < 4.78 is 0. The largest absolute Gasteiger partial charge is 0.305 e. The van der Waals surface area contributed by atoms with Gasteiger partial charge in [0, 0.05) is 5.69 Å². The summed E-state index contributed by atoms with van der Waals surface area (Å²) in [5.74, 6) is 0. The summed E-state index contributed by atoms with van der Waals surface area (Å²) in [7, 11) is 0. The highest BCUT2D eigenvalue weighted by molar-refractivity contribution is 6.65. The molecule has 94 valence electrons. The zero-order chi connectivity index (χ0) is 13.1. The average Bonchev–Trinajstić information content (AvgIpc) is 2.49. The molecule has 0 N–H and O–H groups in total. The third kappa shape index (κ3) is 2.51. The van der Waals surface area contributed by atoms with Crippen LogP contribution in [0.1, 0.15) is 11.7 Å². The van der Waals surface area contributed by atoms with Crippen LogP contribution in [0, 0.1) is 0 Å². The molecule has 3 nitrogen and oxygen atoms in total. The van der Waals surface area contributed by atoms with E-state index in [2.05, 4.69) is 9.98 Å². The molecular formula is C15H12ClN3. The Kier molecular flexibility index (Phi) is 3.29. The van der Waals surface area contributed by atoms with Crippen LogP contribution in [0.3, 0.4) is 0 Å². The molecule has 0 fully saturated rings. The third-order valence-electron chi connectivity index (χ3n) is 2.93. The Labute approximate surface area is 116 Å². The van der Waals surface area contributed by atoms with Crippen LogP contribution in [0.2, 0.25) is 0 Å². The van der Waals surface area contributed by atoms with Crippen LogP contribution in [-0.4, -0.2) is 11.6 Å². The standard InChI is InChI=1S/C15H12ClN3/c16-15-17-11-19(13-9-5-2-6-10-13)14(18-15)12-7-3-1-4-8-12/h1-11,14H. The van der Waals surface area contributed by atoms with Crippen molar-refractivity contribution in [3.8, 4) is 0 Å². The maximum atomic E-state index is 5.94. The molecule has 0 spiro atoms. The number of anilines is 1. The summed E-state index contributed by atoms with van der Waals surface area (Å²) in [6.45, 7) is 0. The van der Waals surface area contributed by atoms with E-state index in [1.807, 2.05) is 65.6 Å². The van der Waals surface area contributed by atoms with Crippen molar-refractivity contribution in [3.63, 3.8) is 0 Å². The van der Waals surface area contributed by atoms with Crippen LogP contribution < -0.4 is 4.90 Å². The van der Waals surface area contributed by atoms with Crippen LogP contribution >= 0.6 is 11.6 Å². The maximum Gasteiger partial charge on any atom is 0.221 e. The second-order valence-electron chi connectivity index (χ2n) is 4.17. The number of nitrogens with zero attached hydrogens (tertiary/aromatic N) is 3. The van der Waals surface area contributed by atoms with Gasteiger partial charge in [0.05, 0.1) is 0 Å². The molecule has 2 aromatic carbocycles. The van der Waals surface area contributed by atoms with Crippen molar-refractivity contribution < 1.29 is 0 Å². The van der Waals surface area contributed by atoms with Crippen molar-refractivity contribution in [2.75, 3.05) is 4.90 Å². The lowest BCUT2D eigenvalue weighted by Crippen LogP contribution is -2.29. The molecule has 0 aliphatic carbocycles. The van der Waals surface area contributed by atoms with Crippen molar-refractivity contribution in [2.24, 2.45) is 9.98 Å². The summed E-state index contributed by atoms with van der Waals surface area (Å²) in [5, 5.41) is 0.279. The van der Waals surface area contributed by atoms with Gasteiger partial charge in [-0.1, -0.05) is 48.5 Å². The van der Waals surface area contributed by atoms with Gasteiger partial charge in [0.25, 0.3) is 0 Å². The average molecular weight is 270 g/mol. The molecule has 3 rings (SSSR count). The quantitative estimate of drug-likeness (QED) is 0.762. The molecule has 0 aromatic heterocycles. The van der Waals surface area contributed by atoms with Gasteiger partial charge in [-0.3, -0.25) is 0 Å². The second kappa shape index (κ2) is 5.24. The fourth-order valence-electron chi connectivity index (χ4n) is 2.04.